The van der Waals surface area contributed by atoms with Gasteiger partial charge in [0.25, 0.3) is 0 Å². The molecule has 0 bridgehead atoms. The first kappa shape index (κ1) is 20.0. The van der Waals surface area contributed by atoms with Gasteiger partial charge in [-0.3, -0.25) is 4.79 Å². The van der Waals surface area contributed by atoms with E-state index in [4.69, 9.17) is 5.11 Å². The van der Waals surface area contributed by atoms with Crippen molar-refractivity contribution in [2.24, 2.45) is 0 Å². The maximum Gasteiger partial charge on any atom is 0.303 e. The Bertz CT molecular complexity index is 286. The molecule has 0 amide bonds. The van der Waals surface area contributed by atoms with Gasteiger partial charge in [0.2, 0.25) is 0 Å². The Morgan fingerprint density at radius 2 is 1.14 bits per heavy atom. The van der Waals surface area contributed by atoms with E-state index in [9.17, 15) is 4.79 Å². The summed E-state index contributed by atoms with van der Waals surface area (Å²) in [5.74, 6) is 5.90. The van der Waals surface area contributed by atoms with Gasteiger partial charge in [-0.05, 0) is 19.3 Å². The molecular weight excluding hydrogens is 260 g/mol. The van der Waals surface area contributed by atoms with Crippen LogP contribution in [-0.2, 0) is 4.79 Å². The topological polar surface area (TPSA) is 37.3 Å². The Kier molecular flexibility index (Phi) is 16.3. The molecule has 122 valence electrons. The highest BCUT2D eigenvalue weighted by molar-refractivity contribution is 5.66. The maximum absolute atomic E-state index is 10.3. The number of aliphatic carboxylic acids is 1. The van der Waals surface area contributed by atoms with Gasteiger partial charge in [-0.2, -0.15) is 0 Å². The van der Waals surface area contributed by atoms with E-state index in [1.165, 1.54) is 64.2 Å². The second-order valence-corrected chi connectivity index (χ2v) is 5.89. The third-order valence-electron chi connectivity index (χ3n) is 3.72. The van der Waals surface area contributed by atoms with Crippen molar-refractivity contribution in [2.75, 3.05) is 0 Å². The van der Waals surface area contributed by atoms with Gasteiger partial charge in [-0.25, -0.2) is 0 Å². The molecule has 0 radical (unpaired) electrons. The lowest BCUT2D eigenvalue weighted by Crippen LogP contribution is -1.93. The Hall–Kier alpha value is -0.970. The molecule has 0 saturated heterocycles. The molecular formula is C19H34O2. The lowest BCUT2D eigenvalue weighted by Gasteiger charge is -2.00. The van der Waals surface area contributed by atoms with Crippen molar-refractivity contribution in [3.63, 3.8) is 0 Å². The largest absolute Gasteiger partial charge is 0.481 e. The SMILES string of the molecule is CCCCCCC#CCCCCCCCCCCC(=O)O. The molecule has 0 aromatic heterocycles. The minimum absolute atomic E-state index is 0.330. The molecule has 0 aliphatic rings. The summed E-state index contributed by atoms with van der Waals surface area (Å²) in [5.41, 5.74) is 0. The van der Waals surface area contributed by atoms with Crippen LogP contribution in [0.5, 0.6) is 0 Å². The summed E-state index contributed by atoms with van der Waals surface area (Å²) in [6, 6.07) is 0. The van der Waals surface area contributed by atoms with Gasteiger partial charge < -0.3 is 5.11 Å². The van der Waals surface area contributed by atoms with Crippen molar-refractivity contribution in [1.29, 1.82) is 0 Å². The van der Waals surface area contributed by atoms with Crippen LogP contribution in [0.25, 0.3) is 0 Å². The summed E-state index contributed by atoms with van der Waals surface area (Å²) >= 11 is 0. The zero-order chi connectivity index (χ0) is 15.6. The van der Waals surface area contributed by atoms with Crippen LogP contribution in [0.15, 0.2) is 0 Å². The van der Waals surface area contributed by atoms with Gasteiger partial charge in [-0.15, -0.1) is 11.8 Å². The Balaban J connectivity index is 3.08. The second-order valence-electron chi connectivity index (χ2n) is 5.89. The van der Waals surface area contributed by atoms with Crippen molar-refractivity contribution < 1.29 is 9.90 Å². The van der Waals surface area contributed by atoms with Crippen LogP contribution in [0.2, 0.25) is 0 Å². The summed E-state index contributed by atoms with van der Waals surface area (Å²) in [4.78, 5) is 10.3. The Morgan fingerprint density at radius 3 is 1.62 bits per heavy atom. The third-order valence-corrected chi connectivity index (χ3v) is 3.72. The monoisotopic (exact) mass is 294 g/mol. The summed E-state index contributed by atoms with van der Waals surface area (Å²) in [7, 11) is 0. The van der Waals surface area contributed by atoms with E-state index in [1.807, 2.05) is 0 Å². The van der Waals surface area contributed by atoms with E-state index in [-0.39, 0.29) is 0 Å². The highest BCUT2D eigenvalue weighted by Gasteiger charge is 1.96. The van der Waals surface area contributed by atoms with E-state index in [2.05, 4.69) is 18.8 Å². The van der Waals surface area contributed by atoms with E-state index in [0.717, 1.165) is 25.7 Å². The highest BCUT2D eigenvalue weighted by Crippen LogP contribution is 2.10. The van der Waals surface area contributed by atoms with Gasteiger partial charge in [0, 0.05) is 19.3 Å². The molecule has 1 N–H and O–H groups in total. The maximum atomic E-state index is 10.3. The zero-order valence-corrected chi connectivity index (χ0v) is 14.0. The molecule has 0 fully saturated rings. The molecule has 21 heavy (non-hydrogen) atoms. The van der Waals surface area contributed by atoms with Crippen LogP contribution in [0.1, 0.15) is 103 Å². The smallest absolute Gasteiger partial charge is 0.303 e. The van der Waals surface area contributed by atoms with Crippen LogP contribution in [0.3, 0.4) is 0 Å². The average molecular weight is 294 g/mol. The number of hydrogen-bond acceptors (Lipinski definition) is 1. The Labute approximate surface area is 131 Å². The summed E-state index contributed by atoms with van der Waals surface area (Å²) < 4.78 is 0. The number of carboxylic acids is 1. The molecule has 0 aliphatic heterocycles. The molecule has 0 saturated carbocycles. The van der Waals surface area contributed by atoms with Gasteiger partial charge in [-0.1, -0.05) is 64.7 Å². The predicted octanol–water partition coefficient (Wildman–Crippen LogP) is 5.95. The van der Waals surface area contributed by atoms with Crippen molar-refractivity contribution in [2.45, 2.75) is 103 Å². The van der Waals surface area contributed by atoms with E-state index in [1.54, 1.807) is 0 Å². The molecule has 0 aromatic carbocycles. The van der Waals surface area contributed by atoms with E-state index < -0.39 is 5.97 Å². The van der Waals surface area contributed by atoms with Gasteiger partial charge in [0.15, 0.2) is 0 Å². The first-order valence-corrected chi connectivity index (χ1v) is 8.95. The second kappa shape index (κ2) is 17.1. The molecule has 2 heteroatoms. The number of rotatable bonds is 14. The number of unbranched alkanes of at least 4 members (excludes halogenated alkanes) is 12. The summed E-state index contributed by atoms with van der Waals surface area (Å²) in [6.07, 6.45) is 17.2. The van der Waals surface area contributed by atoms with E-state index in [0.29, 0.717) is 6.42 Å². The number of hydrogen-bond donors (Lipinski definition) is 1. The normalized spacial score (nSPS) is 10.1. The number of carboxylic acid groups (broad SMARTS) is 1. The fourth-order valence-electron chi connectivity index (χ4n) is 2.37. The molecule has 0 aromatic rings. The molecule has 0 aliphatic carbocycles. The van der Waals surface area contributed by atoms with Gasteiger partial charge >= 0.3 is 5.97 Å². The van der Waals surface area contributed by atoms with Crippen molar-refractivity contribution in [3.8, 4) is 11.8 Å². The minimum atomic E-state index is -0.665. The van der Waals surface area contributed by atoms with Crippen LogP contribution < -0.4 is 0 Å². The molecule has 0 rings (SSSR count). The Morgan fingerprint density at radius 1 is 0.714 bits per heavy atom. The van der Waals surface area contributed by atoms with Crippen LogP contribution >= 0.6 is 0 Å². The third kappa shape index (κ3) is 19.0. The molecule has 2 nitrogen and oxygen atoms in total. The minimum Gasteiger partial charge on any atom is -0.481 e. The number of carbonyl (C=O) groups is 1. The zero-order valence-electron chi connectivity index (χ0n) is 14.0. The molecule has 0 atom stereocenters. The van der Waals surface area contributed by atoms with Gasteiger partial charge in [0.1, 0.15) is 0 Å². The first-order valence-electron chi connectivity index (χ1n) is 8.95. The highest BCUT2D eigenvalue weighted by atomic mass is 16.4. The molecule has 0 spiro atoms. The fourth-order valence-corrected chi connectivity index (χ4v) is 2.37. The van der Waals surface area contributed by atoms with Crippen molar-refractivity contribution >= 4 is 5.97 Å². The standard InChI is InChI=1S/C19H34O2/c1-2-3-4-5-6-7-8-9-10-11-12-13-14-15-16-17-18-19(20)21/h2-6,9-18H2,1H3,(H,20,21). The molecule has 0 heterocycles. The summed E-state index contributed by atoms with van der Waals surface area (Å²) in [6.45, 7) is 2.24. The van der Waals surface area contributed by atoms with Crippen molar-refractivity contribution in [3.05, 3.63) is 0 Å². The lowest BCUT2D eigenvalue weighted by atomic mass is 10.1. The predicted molar refractivity (Wildman–Crippen MR) is 90.3 cm³/mol. The fraction of sp³-hybridized carbons (Fsp3) is 0.842. The van der Waals surface area contributed by atoms with Gasteiger partial charge in [0.05, 0.1) is 0 Å². The van der Waals surface area contributed by atoms with Crippen LogP contribution in [0.4, 0.5) is 0 Å². The van der Waals surface area contributed by atoms with Crippen molar-refractivity contribution in [1.82, 2.24) is 0 Å². The lowest BCUT2D eigenvalue weighted by molar-refractivity contribution is -0.137. The van der Waals surface area contributed by atoms with Crippen LogP contribution in [-0.4, -0.2) is 11.1 Å². The first-order chi connectivity index (χ1) is 10.3. The molecule has 0 unspecified atom stereocenters. The summed E-state index contributed by atoms with van der Waals surface area (Å²) in [5, 5.41) is 8.52. The average Bonchev–Trinajstić information content (AvgIpc) is 2.46. The van der Waals surface area contributed by atoms with Crippen LogP contribution in [0, 0.1) is 11.8 Å². The quantitative estimate of drug-likeness (QED) is 0.318. The van der Waals surface area contributed by atoms with E-state index >= 15 is 0 Å².